The van der Waals surface area contributed by atoms with Gasteiger partial charge in [0.15, 0.2) is 0 Å². The Morgan fingerprint density at radius 1 is 1.22 bits per heavy atom. The second-order valence-corrected chi connectivity index (χ2v) is 7.24. The van der Waals surface area contributed by atoms with E-state index in [4.69, 9.17) is 4.42 Å². The molecule has 1 aromatic heterocycles. The second-order valence-electron chi connectivity index (χ2n) is 5.47. The van der Waals surface area contributed by atoms with E-state index in [2.05, 4.69) is 14.8 Å². The molecule has 0 spiro atoms. The minimum absolute atomic E-state index is 0.125. The van der Waals surface area contributed by atoms with E-state index in [9.17, 15) is 26.4 Å². The molecule has 1 amide bonds. The maximum Gasteiger partial charge on any atom is 0.573 e. The molecule has 0 aliphatic rings. The molecule has 1 atom stereocenters. The van der Waals surface area contributed by atoms with Gasteiger partial charge in [0, 0.05) is 13.0 Å². The van der Waals surface area contributed by atoms with Gasteiger partial charge in [-0.05, 0) is 43.3 Å². The predicted molar refractivity (Wildman–Crippen MR) is 88.2 cm³/mol. The number of furan rings is 1. The molecule has 1 aromatic carbocycles. The summed E-state index contributed by atoms with van der Waals surface area (Å²) in [7, 11) is -3.97. The lowest BCUT2D eigenvalue weighted by atomic mass is 10.2. The van der Waals surface area contributed by atoms with E-state index in [1.54, 1.807) is 19.1 Å². The van der Waals surface area contributed by atoms with E-state index in [1.807, 2.05) is 0 Å². The van der Waals surface area contributed by atoms with Crippen molar-refractivity contribution >= 4 is 15.9 Å². The molecule has 2 aromatic rings. The fourth-order valence-electron chi connectivity index (χ4n) is 2.13. The summed E-state index contributed by atoms with van der Waals surface area (Å²) >= 11 is 0. The third kappa shape index (κ3) is 6.61. The minimum atomic E-state index is -4.86. The molecule has 27 heavy (non-hydrogen) atoms. The molecule has 0 aliphatic carbocycles. The first kappa shape index (κ1) is 20.8. The van der Waals surface area contributed by atoms with Crippen LogP contribution in [0.3, 0.4) is 0 Å². The van der Waals surface area contributed by atoms with Crippen LogP contribution in [-0.2, 0) is 14.8 Å². The smallest absolute Gasteiger partial charge is 0.467 e. The van der Waals surface area contributed by atoms with Gasteiger partial charge in [-0.25, -0.2) is 13.1 Å². The topological polar surface area (TPSA) is 97.6 Å². The third-order valence-electron chi connectivity index (χ3n) is 3.36. The average molecular weight is 406 g/mol. The van der Waals surface area contributed by atoms with Crippen molar-refractivity contribution in [3.05, 3.63) is 48.4 Å². The van der Waals surface area contributed by atoms with E-state index in [0.717, 1.165) is 24.3 Å². The highest BCUT2D eigenvalue weighted by Gasteiger charge is 2.31. The Morgan fingerprint density at radius 2 is 1.89 bits per heavy atom. The van der Waals surface area contributed by atoms with Crippen LogP contribution in [0.5, 0.6) is 5.75 Å². The van der Waals surface area contributed by atoms with Gasteiger partial charge in [0.05, 0.1) is 17.2 Å². The van der Waals surface area contributed by atoms with E-state index in [1.165, 1.54) is 6.26 Å². The molecule has 2 rings (SSSR count). The van der Waals surface area contributed by atoms with E-state index in [-0.39, 0.29) is 23.9 Å². The van der Waals surface area contributed by atoms with Gasteiger partial charge in [0.25, 0.3) is 0 Å². The van der Waals surface area contributed by atoms with Crippen LogP contribution in [-0.4, -0.2) is 27.2 Å². The van der Waals surface area contributed by atoms with Crippen LogP contribution in [0.25, 0.3) is 0 Å². The van der Waals surface area contributed by atoms with Crippen molar-refractivity contribution in [1.29, 1.82) is 0 Å². The number of ether oxygens (including phenoxy) is 1. The minimum Gasteiger partial charge on any atom is -0.467 e. The van der Waals surface area contributed by atoms with Gasteiger partial charge in [-0.3, -0.25) is 4.79 Å². The third-order valence-corrected chi connectivity index (χ3v) is 4.84. The van der Waals surface area contributed by atoms with Crippen molar-refractivity contribution < 1.29 is 35.5 Å². The van der Waals surface area contributed by atoms with Gasteiger partial charge in [0.1, 0.15) is 11.5 Å². The molecule has 0 radical (unpaired) electrons. The Labute approximate surface area is 153 Å². The molecule has 148 valence electrons. The number of halogens is 3. The molecule has 0 saturated heterocycles. The van der Waals surface area contributed by atoms with Gasteiger partial charge < -0.3 is 14.5 Å². The van der Waals surface area contributed by atoms with Gasteiger partial charge >= 0.3 is 6.36 Å². The van der Waals surface area contributed by atoms with Crippen LogP contribution >= 0.6 is 0 Å². The molecule has 0 bridgehead atoms. The van der Waals surface area contributed by atoms with Gasteiger partial charge in [-0.2, -0.15) is 0 Å². The van der Waals surface area contributed by atoms with Crippen LogP contribution < -0.4 is 14.8 Å². The molecule has 1 heterocycles. The van der Waals surface area contributed by atoms with E-state index in [0.29, 0.717) is 5.76 Å². The lowest BCUT2D eigenvalue weighted by Crippen LogP contribution is -2.32. The zero-order valence-electron chi connectivity index (χ0n) is 14.1. The van der Waals surface area contributed by atoms with Crippen molar-refractivity contribution in [3.8, 4) is 5.75 Å². The summed E-state index contributed by atoms with van der Waals surface area (Å²) in [6, 6.07) is 6.73. The predicted octanol–water partition coefficient (Wildman–Crippen LogP) is 2.72. The fourth-order valence-corrected chi connectivity index (χ4v) is 3.16. The van der Waals surface area contributed by atoms with E-state index < -0.39 is 28.0 Å². The Bertz CT molecular complexity index is 849. The summed E-state index contributed by atoms with van der Waals surface area (Å²) in [5.74, 6) is -0.367. The number of hydrogen-bond acceptors (Lipinski definition) is 5. The molecular formula is C16H17F3N2O5S. The standard InChI is InChI=1S/C16H17F3N2O5S/c1-11(14-3-2-10-25-14)21-15(22)8-9-20-27(23,24)13-6-4-12(5-7-13)26-16(17,18)19/h2-7,10-11,20H,8-9H2,1H3,(H,21,22)/t11-/m1/s1. The summed E-state index contributed by atoms with van der Waals surface area (Å²) in [6.45, 7) is 1.53. The first-order valence-corrected chi connectivity index (χ1v) is 9.23. The molecule has 0 saturated carbocycles. The summed E-state index contributed by atoms with van der Waals surface area (Å²) in [5.41, 5.74) is 0. The molecule has 0 unspecified atom stereocenters. The number of carbonyl (C=O) groups excluding carboxylic acids is 1. The number of amides is 1. The zero-order valence-corrected chi connectivity index (χ0v) is 14.9. The highest BCUT2D eigenvalue weighted by atomic mass is 32.2. The Hall–Kier alpha value is -2.53. The monoisotopic (exact) mass is 406 g/mol. The van der Waals surface area contributed by atoms with Crippen LogP contribution in [0.15, 0.2) is 52.0 Å². The van der Waals surface area contributed by atoms with Gasteiger partial charge in [0.2, 0.25) is 15.9 Å². The van der Waals surface area contributed by atoms with Crippen molar-refractivity contribution in [2.24, 2.45) is 0 Å². The number of rotatable bonds is 8. The molecule has 0 aliphatic heterocycles. The first-order chi connectivity index (χ1) is 12.6. The quantitative estimate of drug-likeness (QED) is 0.703. The lowest BCUT2D eigenvalue weighted by molar-refractivity contribution is -0.274. The largest absolute Gasteiger partial charge is 0.573 e. The Balaban J connectivity index is 1.84. The molecule has 2 N–H and O–H groups in total. The van der Waals surface area contributed by atoms with Crippen LogP contribution in [0.4, 0.5) is 13.2 Å². The molecule has 7 nitrogen and oxygen atoms in total. The SMILES string of the molecule is C[C@@H](NC(=O)CCNS(=O)(=O)c1ccc(OC(F)(F)F)cc1)c1ccco1. The summed E-state index contributed by atoms with van der Waals surface area (Å²) < 4.78 is 71.5. The van der Waals surface area contributed by atoms with Crippen LogP contribution in [0.1, 0.15) is 25.1 Å². The average Bonchev–Trinajstić information content (AvgIpc) is 3.08. The van der Waals surface area contributed by atoms with E-state index >= 15 is 0 Å². The first-order valence-electron chi connectivity index (χ1n) is 7.75. The Morgan fingerprint density at radius 3 is 2.44 bits per heavy atom. The number of benzene rings is 1. The highest BCUT2D eigenvalue weighted by Crippen LogP contribution is 2.23. The number of nitrogens with one attached hydrogen (secondary N) is 2. The van der Waals surface area contributed by atoms with Gasteiger partial charge in [-0.15, -0.1) is 13.2 Å². The summed E-state index contributed by atoms with van der Waals surface area (Å²) in [6.07, 6.45) is -3.52. The fraction of sp³-hybridized carbons (Fsp3) is 0.312. The van der Waals surface area contributed by atoms with Crippen molar-refractivity contribution in [1.82, 2.24) is 10.0 Å². The zero-order chi connectivity index (χ0) is 20.1. The lowest BCUT2D eigenvalue weighted by Gasteiger charge is -2.12. The number of sulfonamides is 1. The molecule has 0 fully saturated rings. The summed E-state index contributed by atoms with van der Waals surface area (Å²) in [4.78, 5) is 11.6. The molecular weight excluding hydrogens is 389 g/mol. The highest BCUT2D eigenvalue weighted by molar-refractivity contribution is 7.89. The number of carbonyl (C=O) groups is 1. The molecule has 11 heteroatoms. The maximum atomic E-state index is 12.1. The maximum absolute atomic E-state index is 12.1. The Kier molecular flexibility index (Phi) is 6.50. The summed E-state index contributed by atoms with van der Waals surface area (Å²) in [5, 5.41) is 2.65. The number of hydrogen-bond donors (Lipinski definition) is 2. The van der Waals surface area contributed by atoms with Gasteiger partial charge in [-0.1, -0.05) is 0 Å². The van der Waals surface area contributed by atoms with Crippen LogP contribution in [0.2, 0.25) is 0 Å². The second kappa shape index (κ2) is 8.44. The number of alkyl halides is 3. The van der Waals surface area contributed by atoms with Crippen LogP contribution in [0, 0.1) is 0 Å². The van der Waals surface area contributed by atoms with Crippen molar-refractivity contribution in [2.75, 3.05) is 6.54 Å². The normalized spacial score (nSPS) is 13.2. The van der Waals surface area contributed by atoms with Crippen molar-refractivity contribution in [3.63, 3.8) is 0 Å². The van der Waals surface area contributed by atoms with Crippen molar-refractivity contribution in [2.45, 2.75) is 30.6 Å².